The zero-order chi connectivity index (χ0) is 20.3. The molecule has 0 saturated carbocycles. The number of carbonyl (C=O) groups is 2. The van der Waals surface area contributed by atoms with Gasteiger partial charge in [-0.2, -0.15) is 0 Å². The van der Waals surface area contributed by atoms with E-state index in [1.165, 1.54) is 6.20 Å². The lowest BCUT2D eigenvalue weighted by Crippen LogP contribution is -2.18. The molecule has 3 rings (SSSR count). The minimum atomic E-state index is -4.85. The molecule has 0 unspecified atom stereocenters. The highest BCUT2D eigenvalue weighted by atomic mass is 19.4. The van der Waals surface area contributed by atoms with Gasteiger partial charge in [0, 0.05) is 11.8 Å². The van der Waals surface area contributed by atoms with Crippen molar-refractivity contribution >= 4 is 17.7 Å². The molecule has 0 saturated heterocycles. The maximum atomic E-state index is 12.3. The van der Waals surface area contributed by atoms with Gasteiger partial charge in [-0.05, 0) is 36.4 Å². The smallest absolute Gasteiger partial charge is 0.406 e. The van der Waals surface area contributed by atoms with Crippen molar-refractivity contribution in [2.45, 2.75) is 6.36 Å². The molecule has 2 amide bonds. The molecule has 8 nitrogen and oxygen atoms in total. The molecular weight excluding hydrogens is 381 g/mol. The van der Waals surface area contributed by atoms with E-state index in [0.717, 1.165) is 24.3 Å². The Morgan fingerprint density at radius 1 is 1.11 bits per heavy atom. The van der Waals surface area contributed by atoms with Gasteiger partial charge in [0.2, 0.25) is 5.88 Å². The average Bonchev–Trinajstić information content (AvgIpc) is 3.05. The third-order valence-electron chi connectivity index (χ3n) is 3.42. The van der Waals surface area contributed by atoms with Crippen LogP contribution in [0.5, 0.6) is 5.75 Å². The molecule has 11 heteroatoms. The lowest BCUT2D eigenvalue weighted by molar-refractivity contribution is -0.274. The molecule has 0 spiro atoms. The van der Waals surface area contributed by atoms with Gasteiger partial charge in [-0.1, -0.05) is 11.2 Å². The standard InChI is InChI=1S/C17H11F3N4O4/c18-17(19,20)27-10-6-4-9(5-7-10)15(26)23-16-12(14(21)25)13(24-28-16)11-3-1-2-8-22-11/h1-8H,(H2,21,25)(H,23,26). The fourth-order valence-electron chi connectivity index (χ4n) is 2.26. The largest absolute Gasteiger partial charge is 0.573 e. The number of hydrogen-bond donors (Lipinski definition) is 2. The number of nitrogens with zero attached hydrogens (tertiary/aromatic N) is 2. The first-order valence-electron chi connectivity index (χ1n) is 7.62. The predicted molar refractivity (Wildman–Crippen MR) is 89.3 cm³/mol. The van der Waals surface area contributed by atoms with Crippen LogP contribution in [0.4, 0.5) is 19.1 Å². The van der Waals surface area contributed by atoms with Gasteiger partial charge < -0.3 is 15.0 Å². The number of nitrogens with two attached hydrogens (primary N) is 1. The topological polar surface area (TPSA) is 120 Å². The number of rotatable bonds is 5. The van der Waals surface area contributed by atoms with Crippen LogP contribution in [0.1, 0.15) is 20.7 Å². The van der Waals surface area contributed by atoms with Gasteiger partial charge in [0.15, 0.2) is 0 Å². The van der Waals surface area contributed by atoms with Gasteiger partial charge in [-0.3, -0.25) is 19.9 Å². The van der Waals surface area contributed by atoms with E-state index in [-0.39, 0.29) is 22.7 Å². The number of primary amides is 1. The molecule has 1 aromatic carbocycles. The highest BCUT2D eigenvalue weighted by molar-refractivity contribution is 6.09. The van der Waals surface area contributed by atoms with E-state index < -0.39 is 23.9 Å². The van der Waals surface area contributed by atoms with E-state index in [1.807, 2.05) is 0 Å². The van der Waals surface area contributed by atoms with E-state index >= 15 is 0 Å². The van der Waals surface area contributed by atoms with Gasteiger partial charge >= 0.3 is 6.36 Å². The Bertz CT molecular complexity index is 1000. The molecule has 0 aliphatic carbocycles. The van der Waals surface area contributed by atoms with Gasteiger partial charge in [0.05, 0.1) is 5.69 Å². The number of benzene rings is 1. The summed E-state index contributed by atoms with van der Waals surface area (Å²) in [5.41, 5.74) is 5.48. The van der Waals surface area contributed by atoms with Gasteiger partial charge in [-0.15, -0.1) is 13.2 Å². The van der Waals surface area contributed by atoms with Crippen molar-refractivity contribution in [2.75, 3.05) is 5.32 Å². The van der Waals surface area contributed by atoms with Crippen molar-refractivity contribution in [1.29, 1.82) is 0 Å². The fourth-order valence-corrected chi connectivity index (χ4v) is 2.26. The third-order valence-corrected chi connectivity index (χ3v) is 3.42. The van der Waals surface area contributed by atoms with Crippen LogP contribution in [0, 0.1) is 0 Å². The van der Waals surface area contributed by atoms with Crippen molar-refractivity contribution in [3.8, 4) is 17.1 Å². The Morgan fingerprint density at radius 3 is 2.39 bits per heavy atom. The maximum Gasteiger partial charge on any atom is 0.573 e. The molecular formula is C17H11F3N4O4. The molecule has 0 radical (unpaired) electrons. The number of carbonyl (C=O) groups excluding carboxylic acids is 2. The number of ether oxygens (including phenoxy) is 1. The third kappa shape index (κ3) is 4.26. The van der Waals surface area contributed by atoms with E-state index in [9.17, 15) is 22.8 Å². The van der Waals surface area contributed by atoms with Crippen molar-refractivity contribution in [3.63, 3.8) is 0 Å². The fraction of sp³-hybridized carbons (Fsp3) is 0.0588. The summed E-state index contributed by atoms with van der Waals surface area (Å²) in [6.07, 6.45) is -3.38. The summed E-state index contributed by atoms with van der Waals surface area (Å²) in [7, 11) is 0. The van der Waals surface area contributed by atoms with Crippen molar-refractivity contribution in [1.82, 2.24) is 10.1 Å². The highest BCUT2D eigenvalue weighted by Crippen LogP contribution is 2.28. The SMILES string of the molecule is NC(=O)c1c(-c2ccccn2)noc1NC(=O)c1ccc(OC(F)(F)F)cc1. The Morgan fingerprint density at radius 2 is 1.82 bits per heavy atom. The van der Waals surface area contributed by atoms with Crippen LogP contribution in [0.3, 0.4) is 0 Å². The van der Waals surface area contributed by atoms with Crippen molar-refractivity contribution in [2.24, 2.45) is 5.73 Å². The first-order valence-corrected chi connectivity index (χ1v) is 7.62. The number of halogens is 3. The van der Waals surface area contributed by atoms with E-state index in [0.29, 0.717) is 5.69 Å². The second kappa shape index (κ2) is 7.39. The van der Waals surface area contributed by atoms with Gasteiger partial charge in [-0.25, -0.2) is 0 Å². The Hall–Kier alpha value is -3.89. The highest BCUT2D eigenvalue weighted by Gasteiger charge is 2.31. The zero-order valence-corrected chi connectivity index (χ0v) is 13.9. The summed E-state index contributed by atoms with van der Waals surface area (Å²) in [6, 6.07) is 9.03. The first kappa shape index (κ1) is 18.9. The number of hydrogen-bond acceptors (Lipinski definition) is 6. The number of anilines is 1. The summed E-state index contributed by atoms with van der Waals surface area (Å²) in [5, 5.41) is 6.02. The predicted octanol–water partition coefficient (Wildman–Crippen LogP) is 2.99. The van der Waals surface area contributed by atoms with Crippen LogP contribution < -0.4 is 15.8 Å². The Balaban J connectivity index is 1.83. The van der Waals surface area contributed by atoms with Crippen LogP contribution in [-0.4, -0.2) is 28.3 Å². The lowest BCUT2D eigenvalue weighted by atomic mass is 10.1. The minimum absolute atomic E-state index is 0.0132. The van der Waals surface area contributed by atoms with Crippen LogP contribution in [0.2, 0.25) is 0 Å². The van der Waals surface area contributed by atoms with E-state index in [4.69, 9.17) is 10.3 Å². The molecule has 0 fully saturated rings. The number of alkyl halides is 3. The molecule has 0 atom stereocenters. The monoisotopic (exact) mass is 392 g/mol. The summed E-state index contributed by atoms with van der Waals surface area (Å²) in [5.74, 6) is -2.47. The molecule has 0 aliphatic heterocycles. The molecule has 2 heterocycles. The second-order valence-corrected chi connectivity index (χ2v) is 5.34. The number of nitrogens with one attached hydrogen (secondary N) is 1. The van der Waals surface area contributed by atoms with Crippen molar-refractivity contribution < 1.29 is 32.0 Å². The van der Waals surface area contributed by atoms with Crippen LogP contribution in [0.15, 0.2) is 53.2 Å². The molecule has 2 aromatic heterocycles. The molecule has 28 heavy (non-hydrogen) atoms. The Labute approximate surface area is 155 Å². The van der Waals surface area contributed by atoms with Gasteiger partial charge in [0.25, 0.3) is 11.8 Å². The summed E-state index contributed by atoms with van der Waals surface area (Å²) >= 11 is 0. The van der Waals surface area contributed by atoms with Crippen molar-refractivity contribution in [3.05, 3.63) is 59.8 Å². The van der Waals surface area contributed by atoms with Crippen LogP contribution in [0.25, 0.3) is 11.4 Å². The molecule has 0 bridgehead atoms. The maximum absolute atomic E-state index is 12.3. The van der Waals surface area contributed by atoms with E-state index in [1.54, 1.807) is 18.2 Å². The van der Waals surface area contributed by atoms with E-state index in [2.05, 4.69) is 20.2 Å². The Kier molecular flexibility index (Phi) is 4.98. The first-order chi connectivity index (χ1) is 13.2. The van der Waals surface area contributed by atoms with Crippen LogP contribution >= 0.6 is 0 Å². The summed E-state index contributed by atoms with van der Waals surface area (Å²) < 4.78 is 45.3. The summed E-state index contributed by atoms with van der Waals surface area (Å²) in [4.78, 5) is 28.1. The average molecular weight is 392 g/mol. The summed E-state index contributed by atoms with van der Waals surface area (Å²) in [6.45, 7) is 0. The number of pyridine rings is 1. The number of amides is 2. The minimum Gasteiger partial charge on any atom is -0.406 e. The number of aromatic nitrogens is 2. The quantitative estimate of drug-likeness (QED) is 0.689. The molecule has 3 aromatic rings. The zero-order valence-electron chi connectivity index (χ0n) is 13.9. The normalized spacial score (nSPS) is 11.1. The molecule has 3 N–H and O–H groups in total. The lowest BCUT2D eigenvalue weighted by Gasteiger charge is -2.09. The second-order valence-electron chi connectivity index (χ2n) is 5.34. The molecule has 144 valence electrons. The molecule has 0 aliphatic rings. The van der Waals surface area contributed by atoms with Gasteiger partial charge in [0.1, 0.15) is 17.0 Å². The van der Waals surface area contributed by atoms with Crippen LogP contribution in [-0.2, 0) is 0 Å².